The van der Waals surface area contributed by atoms with Crippen molar-refractivity contribution < 1.29 is 19.2 Å². The molecule has 0 radical (unpaired) electrons. The Morgan fingerprint density at radius 3 is 2.66 bits per heavy atom. The SMILES string of the molecule is CCCc1ccc(-c2nc(C3C=c4cc(C(N)(CO)CO)oc4=CC3)no2)cc1. The molecule has 1 atom stereocenters. The van der Waals surface area contributed by atoms with E-state index < -0.39 is 18.8 Å². The highest BCUT2D eigenvalue weighted by Crippen LogP contribution is 2.25. The van der Waals surface area contributed by atoms with Crippen LogP contribution in [0.4, 0.5) is 0 Å². The van der Waals surface area contributed by atoms with E-state index in [9.17, 15) is 10.2 Å². The van der Waals surface area contributed by atoms with Gasteiger partial charge in [-0.05, 0) is 42.7 Å². The number of rotatable bonds is 7. The molecule has 0 amide bonds. The lowest BCUT2D eigenvalue weighted by Crippen LogP contribution is -2.44. The molecule has 7 nitrogen and oxygen atoms in total. The van der Waals surface area contributed by atoms with Gasteiger partial charge in [0, 0.05) is 16.7 Å². The summed E-state index contributed by atoms with van der Waals surface area (Å²) in [6, 6.07) is 9.93. The van der Waals surface area contributed by atoms with Crippen LogP contribution in [0.5, 0.6) is 0 Å². The molecule has 1 aliphatic rings. The molecule has 0 bridgehead atoms. The first kappa shape index (κ1) is 19.6. The second-order valence-corrected chi connectivity index (χ2v) is 7.52. The van der Waals surface area contributed by atoms with Gasteiger partial charge in [-0.25, -0.2) is 0 Å². The van der Waals surface area contributed by atoms with Crippen molar-refractivity contribution in [2.45, 2.75) is 37.6 Å². The molecular formula is C22H25N3O4. The number of nitrogens with zero attached hydrogens (tertiary/aromatic N) is 2. The summed E-state index contributed by atoms with van der Waals surface area (Å²) in [6.45, 7) is 1.33. The topological polar surface area (TPSA) is 119 Å². The Morgan fingerprint density at radius 2 is 1.97 bits per heavy atom. The molecule has 0 saturated heterocycles. The van der Waals surface area contributed by atoms with E-state index in [0.717, 1.165) is 23.6 Å². The summed E-state index contributed by atoms with van der Waals surface area (Å²) in [7, 11) is 0. The quantitative estimate of drug-likeness (QED) is 0.549. The molecule has 7 heteroatoms. The highest BCUT2D eigenvalue weighted by Gasteiger charge is 2.30. The second-order valence-electron chi connectivity index (χ2n) is 7.52. The minimum absolute atomic E-state index is 0.0553. The summed E-state index contributed by atoms with van der Waals surface area (Å²) in [5.74, 6) is 1.39. The summed E-state index contributed by atoms with van der Waals surface area (Å²) in [5.41, 5.74) is 7.56. The minimum atomic E-state index is -1.31. The molecule has 0 spiro atoms. The van der Waals surface area contributed by atoms with E-state index in [4.69, 9.17) is 14.7 Å². The largest absolute Gasteiger partial charge is 0.459 e. The van der Waals surface area contributed by atoms with Crippen molar-refractivity contribution in [3.63, 3.8) is 0 Å². The predicted octanol–water partition coefficient (Wildman–Crippen LogP) is 1.17. The van der Waals surface area contributed by atoms with E-state index in [2.05, 4.69) is 29.2 Å². The zero-order valence-corrected chi connectivity index (χ0v) is 16.3. The number of benzene rings is 1. The van der Waals surface area contributed by atoms with Gasteiger partial charge < -0.3 is 24.9 Å². The molecule has 0 saturated carbocycles. The summed E-state index contributed by atoms with van der Waals surface area (Å²) >= 11 is 0. The molecule has 4 N–H and O–H groups in total. The Bertz CT molecular complexity index is 1090. The molecule has 1 unspecified atom stereocenters. The van der Waals surface area contributed by atoms with E-state index in [-0.39, 0.29) is 5.92 Å². The number of aryl methyl sites for hydroxylation is 1. The Balaban J connectivity index is 1.59. The molecule has 2 heterocycles. The Hall–Kier alpha value is -2.74. The van der Waals surface area contributed by atoms with E-state index in [1.54, 1.807) is 6.07 Å². The minimum Gasteiger partial charge on any atom is -0.459 e. The average Bonchev–Trinajstić information content (AvgIpc) is 3.41. The zero-order chi connectivity index (χ0) is 20.4. The van der Waals surface area contributed by atoms with Crippen molar-refractivity contribution >= 4 is 12.2 Å². The average molecular weight is 395 g/mol. The molecular weight excluding hydrogens is 370 g/mol. The van der Waals surface area contributed by atoms with Crippen LogP contribution in [0.25, 0.3) is 23.6 Å². The van der Waals surface area contributed by atoms with Gasteiger partial charge in [0.2, 0.25) is 0 Å². The fourth-order valence-electron chi connectivity index (χ4n) is 3.46. The van der Waals surface area contributed by atoms with Crippen LogP contribution in [-0.4, -0.2) is 33.6 Å². The van der Waals surface area contributed by atoms with Gasteiger partial charge in [0.1, 0.15) is 16.7 Å². The number of aliphatic hydroxyl groups is 2. The van der Waals surface area contributed by atoms with Crippen LogP contribution in [0.2, 0.25) is 0 Å². The van der Waals surface area contributed by atoms with Gasteiger partial charge in [-0.15, -0.1) is 0 Å². The van der Waals surface area contributed by atoms with Gasteiger partial charge >= 0.3 is 0 Å². The number of aromatic nitrogens is 2. The molecule has 29 heavy (non-hydrogen) atoms. The van der Waals surface area contributed by atoms with Crippen LogP contribution >= 0.6 is 0 Å². The maximum absolute atomic E-state index is 9.49. The molecule has 152 valence electrons. The Labute approximate surface area is 168 Å². The molecule has 1 aliphatic carbocycles. The predicted molar refractivity (Wildman–Crippen MR) is 108 cm³/mol. The van der Waals surface area contributed by atoms with Gasteiger partial charge in [0.25, 0.3) is 5.89 Å². The van der Waals surface area contributed by atoms with Crippen LogP contribution in [0.1, 0.15) is 42.8 Å². The molecule has 3 aromatic rings. The maximum Gasteiger partial charge on any atom is 0.257 e. The molecule has 1 aromatic carbocycles. The smallest absolute Gasteiger partial charge is 0.257 e. The number of furan rings is 1. The highest BCUT2D eigenvalue weighted by atomic mass is 16.5. The third-order valence-electron chi connectivity index (χ3n) is 5.30. The molecule has 4 rings (SSSR count). The van der Waals surface area contributed by atoms with Crippen molar-refractivity contribution in [3.8, 4) is 11.5 Å². The molecule has 0 fully saturated rings. The molecule has 0 aliphatic heterocycles. The number of aliphatic hydroxyl groups excluding tert-OH is 2. The van der Waals surface area contributed by atoms with Crippen molar-refractivity contribution in [2.24, 2.45) is 5.73 Å². The maximum atomic E-state index is 9.49. The summed E-state index contributed by atoms with van der Waals surface area (Å²) in [4.78, 5) is 4.58. The Morgan fingerprint density at radius 1 is 1.21 bits per heavy atom. The van der Waals surface area contributed by atoms with Crippen LogP contribution in [0, 0.1) is 0 Å². The van der Waals surface area contributed by atoms with Gasteiger partial charge in [0.05, 0.1) is 13.2 Å². The van der Waals surface area contributed by atoms with Crippen LogP contribution < -0.4 is 16.4 Å². The summed E-state index contributed by atoms with van der Waals surface area (Å²) < 4.78 is 11.2. The summed E-state index contributed by atoms with van der Waals surface area (Å²) in [5, 5.41) is 24.0. The van der Waals surface area contributed by atoms with Crippen molar-refractivity contribution in [2.75, 3.05) is 13.2 Å². The summed E-state index contributed by atoms with van der Waals surface area (Å²) in [6.07, 6.45) is 6.75. The van der Waals surface area contributed by atoms with E-state index in [1.165, 1.54) is 5.56 Å². The number of fused-ring (bicyclic) bond motifs is 1. The van der Waals surface area contributed by atoms with Gasteiger partial charge in [-0.2, -0.15) is 4.98 Å². The van der Waals surface area contributed by atoms with Crippen molar-refractivity contribution in [3.05, 3.63) is 58.1 Å². The lowest BCUT2D eigenvalue weighted by Gasteiger charge is -2.21. The number of hydrogen-bond donors (Lipinski definition) is 3. The number of hydrogen-bond acceptors (Lipinski definition) is 7. The standard InChI is InChI=1S/C22H25N3O4/c1-2-3-14-4-6-15(7-5-14)21-24-20(25-29-21)16-8-9-18-17(10-16)11-19(28-18)22(23,12-26)13-27/h4-7,9-11,16,26-27H,2-3,8,12-13,23H2,1H3. The van der Waals surface area contributed by atoms with Gasteiger partial charge in [-0.1, -0.05) is 36.7 Å². The van der Waals surface area contributed by atoms with E-state index >= 15 is 0 Å². The first-order valence-corrected chi connectivity index (χ1v) is 9.82. The highest BCUT2D eigenvalue weighted by molar-refractivity contribution is 5.54. The van der Waals surface area contributed by atoms with E-state index in [1.807, 2.05) is 24.3 Å². The van der Waals surface area contributed by atoms with Crippen LogP contribution in [0.3, 0.4) is 0 Å². The van der Waals surface area contributed by atoms with Gasteiger partial charge in [-0.3, -0.25) is 0 Å². The van der Waals surface area contributed by atoms with Crippen molar-refractivity contribution in [1.29, 1.82) is 0 Å². The Kier molecular flexibility index (Phi) is 5.36. The van der Waals surface area contributed by atoms with Crippen molar-refractivity contribution in [1.82, 2.24) is 10.1 Å². The lowest BCUT2D eigenvalue weighted by molar-refractivity contribution is 0.103. The number of nitrogens with two attached hydrogens (primary N) is 1. The van der Waals surface area contributed by atoms with E-state index in [0.29, 0.717) is 29.3 Å². The normalized spacial score (nSPS) is 16.2. The zero-order valence-electron chi connectivity index (χ0n) is 16.3. The van der Waals surface area contributed by atoms with Gasteiger partial charge in [0.15, 0.2) is 5.82 Å². The first-order valence-electron chi connectivity index (χ1n) is 9.82. The fourth-order valence-corrected chi connectivity index (χ4v) is 3.46. The van der Waals surface area contributed by atoms with Crippen LogP contribution in [-0.2, 0) is 12.0 Å². The third-order valence-corrected chi connectivity index (χ3v) is 5.30. The van der Waals surface area contributed by atoms with Crippen LogP contribution in [0.15, 0.2) is 39.3 Å². The second kappa shape index (κ2) is 7.94. The third kappa shape index (κ3) is 3.76. The molecule has 2 aromatic heterocycles. The lowest BCUT2D eigenvalue weighted by atomic mass is 9.97. The monoisotopic (exact) mass is 395 g/mol. The fraction of sp³-hybridized carbons (Fsp3) is 0.364. The first-order chi connectivity index (χ1) is 14.1.